The largest absolute Gasteiger partial charge is 0.389 e. The second kappa shape index (κ2) is 15.5. The number of nitrogens with one attached hydrogen (secondary N) is 2. The van der Waals surface area contributed by atoms with Crippen molar-refractivity contribution in [3.05, 3.63) is 113 Å². The number of rotatable bonds is 14. The normalized spacial score (nSPS) is 14.2. The third-order valence-corrected chi connectivity index (χ3v) is 9.17. The highest BCUT2D eigenvalue weighted by Gasteiger charge is 2.26. The summed E-state index contributed by atoms with van der Waals surface area (Å²) in [6.07, 6.45) is 0.768. The number of anilines is 1. The highest BCUT2D eigenvalue weighted by atomic mass is 32.2. The van der Waals surface area contributed by atoms with E-state index in [9.17, 15) is 32.6 Å². The summed E-state index contributed by atoms with van der Waals surface area (Å²) >= 11 is 0. The lowest BCUT2D eigenvalue weighted by Gasteiger charge is -2.25. The first-order valence-corrected chi connectivity index (χ1v) is 17.2. The molecule has 256 valence electrons. The van der Waals surface area contributed by atoms with E-state index in [0.29, 0.717) is 11.3 Å². The van der Waals surface area contributed by atoms with E-state index in [1.54, 1.807) is 6.92 Å². The number of carbonyl (C=O) groups is 2. The highest BCUT2D eigenvalue weighted by molar-refractivity contribution is 7.92. The van der Waals surface area contributed by atoms with Gasteiger partial charge < -0.3 is 20.8 Å². The molecule has 1 unspecified atom stereocenters. The molecule has 3 aromatic carbocycles. The van der Waals surface area contributed by atoms with Crippen LogP contribution in [0.3, 0.4) is 0 Å². The molecule has 4 aromatic rings. The standard InChI is InChI=1S/C34H41FN6O6S/c1-21(2)32(43)30-19-41(39-38-30)20-31(42)29(15-23-9-7-6-8-10-23)37-34(45)26-16-25(17-28(18-26)40(4)48(5,46)47)33(44)36-22(3)24-11-13-27(35)14-12-24/h6-14,16-19,21-22,29,31-32,42-43H,15,20H2,1-5H3,(H,36,44)(H,37,45)/t22-,29+,31+,32?/m1/s1. The van der Waals surface area contributed by atoms with Crippen LogP contribution in [0.25, 0.3) is 0 Å². The molecule has 12 nitrogen and oxygen atoms in total. The van der Waals surface area contributed by atoms with Crippen molar-refractivity contribution in [2.75, 3.05) is 17.6 Å². The molecule has 2 amide bonds. The molecule has 1 heterocycles. The number of nitrogens with zero attached hydrogens (tertiary/aromatic N) is 4. The van der Waals surface area contributed by atoms with Gasteiger partial charge in [0.15, 0.2) is 0 Å². The van der Waals surface area contributed by atoms with E-state index < -0.39 is 51.9 Å². The van der Waals surface area contributed by atoms with Gasteiger partial charge in [-0.1, -0.05) is 61.5 Å². The summed E-state index contributed by atoms with van der Waals surface area (Å²) in [6, 6.07) is 17.5. The first kappa shape index (κ1) is 36.2. The molecule has 48 heavy (non-hydrogen) atoms. The Morgan fingerprint density at radius 2 is 1.54 bits per heavy atom. The van der Waals surface area contributed by atoms with E-state index >= 15 is 0 Å². The lowest BCUT2D eigenvalue weighted by Crippen LogP contribution is -2.46. The van der Waals surface area contributed by atoms with E-state index in [0.717, 1.165) is 16.1 Å². The predicted molar refractivity (Wildman–Crippen MR) is 179 cm³/mol. The molecule has 0 saturated carbocycles. The Morgan fingerprint density at radius 1 is 0.938 bits per heavy atom. The van der Waals surface area contributed by atoms with Gasteiger partial charge in [0, 0.05) is 18.2 Å². The SMILES string of the molecule is CC(C)C(O)c1cn(C[C@H](O)[C@H](Cc2ccccc2)NC(=O)c2cc(C(=O)N[C@H](C)c3ccc(F)cc3)cc(N(C)S(C)(=O)=O)c2)nn1. The Morgan fingerprint density at radius 3 is 2.12 bits per heavy atom. The van der Waals surface area contributed by atoms with Gasteiger partial charge in [0.05, 0.1) is 42.9 Å². The molecule has 4 rings (SSSR count). The monoisotopic (exact) mass is 680 g/mol. The summed E-state index contributed by atoms with van der Waals surface area (Å²) in [4.78, 5) is 27.2. The van der Waals surface area contributed by atoms with E-state index in [2.05, 4.69) is 20.9 Å². The fourth-order valence-electron chi connectivity index (χ4n) is 4.96. The van der Waals surface area contributed by atoms with Crippen LogP contribution in [-0.4, -0.2) is 70.9 Å². The second-order valence-electron chi connectivity index (χ2n) is 12.1. The minimum Gasteiger partial charge on any atom is -0.389 e. The first-order chi connectivity index (χ1) is 22.6. The van der Waals surface area contributed by atoms with E-state index in [1.807, 2.05) is 44.2 Å². The maximum Gasteiger partial charge on any atom is 0.251 e. The fraction of sp³-hybridized carbons (Fsp3) is 0.353. The Bertz CT molecular complexity index is 1820. The number of aromatic nitrogens is 3. The minimum atomic E-state index is -3.77. The average molecular weight is 681 g/mol. The third kappa shape index (κ3) is 9.46. The molecular formula is C34H41FN6O6S. The molecule has 0 spiro atoms. The molecule has 0 radical (unpaired) electrons. The number of amides is 2. The zero-order valence-corrected chi connectivity index (χ0v) is 28.2. The molecule has 1 aromatic heterocycles. The Labute approximate surface area is 279 Å². The van der Waals surface area contributed by atoms with E-state index in [4.69, 9.17) is 0 Å². The van der Waals surface area contributed by atoms with E-state index in [1.165, 1.54) is 60.4 Å². The number of benzene rings is 3. The molecule has 0 aliphatic carbocycles. The van der Waals surface area contributed by atoms with Gasteiger partial charge in [0.25, 0.3) is 11.8 Å². The van der Waals surface area contributed by atoms with Crippen LogP contribution in [-0.2, 0) is 23.0 Å². The molecule has 0 aliphatic heterocycles. The van der Waals surface area contributed by atoms with Crippen molar-refractivity contribution in [2.24, 2.45) is 5.92 Å². The summed E-state index contributed by atoms with van der Waals surface area (Å²) in [5.74, 6) is -1.76. The summed E-state index contributed by atoms with van der Waals surface area (Å²) in [7, 11) is -2.47. The first-order valence-electron chi connectivity index (χ1n) is 15.4. The molecular weight excluding hydrogens is 639 g/mol. The lowest BCUT2D eigenvalue weighted by atomic mass is 10.00. The van der Waals surface area contributed by atoms with Crippen LogP contribution in [0.15, 0.2) is 79.0 Å². The van der Waals surface area contributed by atoms with Crippen LogP contribution in [0, 0.1) is 11.7 Å². The second-order valence-corrected chi connectivity index (χ2v) is 14.2. The van der Waals surface area contributed by atoms with Crippen molar-refractivity contribution in [3.8, 4) is 0 Å². The summed E-state index contributed by atoms with van der Waals surface area (Å²) in [6.45, 7) is 5.34. The van der Waals surface area contributed by atoms with Crippen LogP contribution >= 0.6 is 0 Å². The number of aliphatic hydroxyl groups excluding tert-OH is 2. The van der Waals surface area contributed by atoms with Crippen molar-refractivity contribution in [2.45, 2.75) is 58.0 Å². The van der Waals surface area contributed by atoms with Gasteiger partial charge in [-0.15, -0.1) is 5.10 Å². The Hall–Kier alpha value is -4.66. The number of carbonyl (C=O) groups excluding carboxylic acids is 2. The molecule has 4 N–H and O–H groups in total. The van der Waals surface area contributed by atoms with E-state index in [-0.39, 0.29) is 35.7 Å². The Kier molecular flexibility index (Phi) is 11.7. The number of aliphatic hydroxyl groups is 2. The zero-order chi connectivity index (χ0) is 35.2. The topological polar surface area (TPSA) is 167 Å². The van der Waals surface area contributed by atoms with Crippen LogP contribution in [0.2, 0.25) is 0 Å². The molecule has 14 heteroatoms. The predicted octanol–water partition coefficient (Wildman–Crippen LogP) is 3.40. The smallest absolute Gasteiger partial charge is 0.251 e. The van der Waals surface area contributed by atoms with Crippen molar-refractivity contribution in [1.82, 2.24) is 25.6 Å². The maximum atomic E-state index is 13.8. The third-order valence-electron chi connectivity index (χ3n) is 7.97. The van der Waals surface area contributed by atoms with Gasteiger partial charge in [-0.3, -0.25) is 13.9 Å². The molecule has 0 fully saturated rings. The van der Waals surface area contributed by atoms with Crippen molar-refractivity contribution in [3.63, 3.8) is 0 Å². The number of hydrogen-bond donors (Lipinski definition) is 4. The van der Waals surface area contributed by atoms with Crippen molar-refractivity contribution < 1.29 is 32.6 Å². The van der Waals surface area contributed by atoms with Gasteiger partial charge in [0.2, 0.25) is 10.0 Å². The van der Waals surface area contributed by atoms with Crippen LogP contribution in [0.4, 0.5) is 10.1 Å². The minimum absolute atomic E-state index is 0.0149. The molecule has 0 aliphatic rings. The van der Waals surface area contributed by atoms with Crippen molar-refractivity contribution in [1.29, 1.82) is 0 Å². The Balaban J connectivity index is 1.63. The molecule has 0 bridgehead atoms. The fourth-order valence-corrected chi connectivity index (χ4v) is 5.45. The lowest BCUT2D eigenvalue weighted by molar-refractivity contribution is 0.0778. The van der Waals surface area contributed by atoms with Gasteiger partial charge in [-0.2, -0.15) is 0 Å². The maximum absolute atomic E-state index is 13.8. The zero-order valence-electron chi connectivity index (χ0n) is 27.4. The van der Waals surface area contributed by atoms with Crippen molar-refractivity contribution >= 4 is 27.5 Å². The number of sulfonamides is 1. The summed E-state index contributed by atoms with van der Waals surface area (Å²) in [5.41, 5.74) is 1.90. The van der Waals surface area contributed by atoms with Gasteiger partial charge in [-0.05, 0) is 60.7 Å². The highest BCUT2D eigenvalue weighted by Crippen LogP contribution is 2.23. The van der Waals surface area contributed by atoms with Gasteiger partial charge >= 0.3 is 0 Å². The van der Waals surface area contributed by atoms with Gasteiger partial charge in [-0.25, -0.2) is 17.5 Å². The van der Waals surface area contributed by atoms with Crippen LogP contribution < -0.4 is 14.9 Å². The number of halogens is 1. The summed E-state index contributed by atoms with van der Waals surface area (Å²) in [5, 5.41) is 35.4. The van der Waals surface area contributed by atoms with Crippen LogP contribution in [0.5, 0.6) is 0 Å². The van der Waals surface area contributed by atoms with Crippen LogP contribution in [0.1, 0.15) is 70.5 Å². The quantitative estimate of drug-likeness (QED) is 0.157. The van der Waals surface area contributed by atoms with Gasteiger partial charge in [0.1, 0.15) is 17.6 Å². The number of hydrogen-bond acceptors (Lipinski definition) is 8. The molecule has 0 saturated heterocycles. The average Bonchev–Trinajstić information content (AvgIpc) is 3.51. The molecule has 4 atom stereocenters. The summed E-state index contributed by atoms with van der Waals surface area (Å²) < 4.78 is 40.7.